The standard InChI is InChI=1S/C6H14O2S.C4H8O2S/c1-5(2)9(7,8)6(3)4;5-7(6)3-1-2-4-7/h5-6H,1-4H3;1-4H2. The predicted octanol–water partition coefficient (Wildman–Crippen LogP) is 1.41. The first-order valence-corrected chi connectivity index (χ1v) is 8.96. The summed E-state index contributed by atoms with van der Waals surface area (Å²) in [4.78, 5) is 0. The van der Waals surface area contributed by atoms with E-state index < -0.39 is 19.7 Å². The van der Waals surface area contributed by atoms with Gasteiger partial charge in [0.25, 0.3) is 0 Å². The van der Waals surface area contributed by atoms with Crippen molar-refractivity contribution in [2.45, 2.75) is 51.0 Å². The van der Waals surface area contributed by atoms with Gasteiger partial charge >= 0.3 is 0 Å². The fourth-order valence-electron chi connectivity index (χ4n) is 1.29. The predicted molar refractivity (Wildman–Crippen MR) is 67.1 cm³/mol. The SMILES string of the molecule is CC(C)S(=O)(=O)C(C)C.O=S1(=O)CCCC1. The minimum atomic E-state index is -2.81. The molecule has 1 aliphatic heterocycles. The van der Waals surface area contributed by atoms with Crippen LogP contribution in [0, 0.1) is 0 Å². The van der Waals surface area contributed by atoms with Crippen LogP contribution in [-0.2, 0) is 19.7 Å². The summed E-state index contributed by atoms with van der Waals surface area (Å²) >= 11 is 0. The number of sulfone groups is 2. The summed E-state index contributed by atoms with van der Waals surface area (Å²) in [6, 6.07) is 0. The van der Waals surface area contributed by atoms with E-state index in [0.29, 0.717) is 11.5 Å². The van der Waals surface area contributed by atoms with Crippen molar-refractivity contribution >= 4 is 19.7 Å². The van der Waals surface area contributed by atoms with Crippen molar-refractivity contribution in [1.29, 1.82) is 0 Å². The highest BCUT2D eigenvalue weighted by atomic mass is 32.2. The molecule has 98 valence electrons. The lowest BCUT2D eigenvalue weighted by Gasteiger charge is -2.09. The normalized spacial score (nSPS) is 19.6. The van der Waals surface area contributed by atoms with Crippen molar-refractivity contribution in [1.82, 2.24) is 0 Å². The first kappa shape index (κ1) is 15.9. The minimum absolute atomic E-state index is 0.238. The van der Waals surface area contributed by atoms with E-state index in [-0.39, 0.29) is 10.5 Å². The van der Waals surface area contributed by atoms with Crippen LogP contribution >= 0.6 is 0 Å². The van der Waals surface area contributed by atoms with Gasteiger partial charge in [0.2, 0.25) is 0 Å². The largest absolute Gasteiger partial charge is 0.229 e. The van der Waals surface area contributed by atoms with Crippen molar-refractivity contribution < 1.29 is 16.8 Å². The van der Waals surface area contributed by atoms with Crippen LogP contribution in [0.4, 0.5) is 0 Å². The highest BCUT2D eigenvalue weighted by Gasteiger charge is 2.19. The summed E-state index contributed by atoms with van der Waals surface area (Å²) in [5.41, 5.74) is 0. The Hall–Kier alpha value is -0.100. The van der Waals surface area contributed by atoms with Gasteiger partial charge in [0.05, 0.1) is 22.0 Å². The Kier molecular flexibility index (Phi) is 5.96. The molecule has 0 aliphatic carbocycles. The number of rotatable bonds is 2. The molecule has 1 rings (SSSR count). The third-order valence-electron chi connectivity index (χ3n) is 2.47. The average Bonchev–Trinajstić information content (AvgIpc) is 2.50. The molecule has 0 amide bonds. The fourth-order valence-corrected chi connectivity index (χ4v) is 3.87. The van der Waals surface area contributed by atoms with Gasteiger partial charge in [-0.25, -0.2) is 16.8 Å². The smallest absolute Gasteiger partial charge is 0.154 e. The van der Waals surface area contributed by atoms with E-state index in [1.165, 1.54) is 0 Å². The van der Waals surface area contributed by atoms with Crippen LogP contribution < -0.4 is 0 Å². The van der Waals surface area contributed by atoms with Crippen molar-refractivity contribution in [2.24, 2.45) is 0 Å². The van der Waals surface area contributed by atoms with Crippen LogP contribution in [0.1, 0.15) is 40.5 Å². The molecule has 0 radical (unpaired) electrons. The second kappa shape index (κ2) is 6.00. The van der Waals surface area contributed by atoms with Gasteiger partial charge in [0.1, 0.15) is 9.84 Å². The molecule has 0 saturated carbocycles. The number of hydrogen-bond donors (Lipinski definition) is 0. The quantitative estimate of drug-likeness (QED) is 0.761. The summed E-state index contributed by atoms with van der Waals surface area (Å²) < 4.78 is 42.9. The van der Waals surface area contributed by atoms with E-state index in [9.17, 15) is 16.8 Å². The highest BCUT2D eigenvalue weighted by molar-refractivity contribution is 7.92. The molecule has 1 saturated heterocycles. The highest BCUT2D eigenvalue weighted by Crippen LogP contribution is 2.08. The second-order valence-corrected chi connectivity index (χ2v) is 9.91. The van der Waals surface area contributed by atoms with Gasteiger partial charge in [0, 0.05) is 0 Å². The maximum atomic E-state index is 11.0. The lowest BCUT2D eigenvalue weighted by Crippen LogP contribution is -2.23. The van der Waals surface area contributed by atoms with Crippen LogP contribution in [0.2, 0.25) is 0 Å². The molecule has 0 aromatic rings. The first-order valence-electron chi connectivity index (χ1n) is 5.52. The Morgan fingerprint density at radius 1 is 0.875 bits per heavy atom. The Morgan fingerprint density at radius 2 is 1.19 bits per heavy atom. The fraction of sp³-hybridized carbons (Fsp3) is 1.00. The molecule has 1 aliphatic rings. The molecule has 0 aromatic heterocycles. The maximum Gasteiger partial charge on any atom is 0.154 e. The van der Waals surface area contributed by atoms with Crippen LogP contribution in [0.3, 0.4) is 0 Å². The molecule has 1 fully saturated rings. The summed E-state index contributed by atoms with van der Waals surface area (Å²) in [5, 5.41) is -0.477. The van der Waals surface area contributed by atoms with E-state index in [0.717, 1.165) is 12.8 Å². The van der Waals surface area contributed by atoms with E-state index >= 15 is 0 Å². The van der Waals surface area contributed by atoms with Gasteiger partial charge in [-0.15, -0.1) is 0 Å². The van der Waals surface area contributed by atoms with Crippen molar-refractivity contribution in [3.8, 4) is 0 Å². The third-order valence-corrected chi connectivity index (χ3v) is 6.92. The Bertz CT molecular complexity index is 365. The van der Waals surface area contributed by atoms with Crippen LogP contribution in [0.15, 0.2) is 0 Å². The van der Waals surface area contributed by atoms with E-state index in [4.69, 9.17) is 0 Å². The van der Waals surface area contributed by atoms with Crippen LogP contribution in [-0.4, -0.2) is 38.8 Å². The molecule has 6 heteroatoms. The monoisotopic (exact) mass is 270 g/mol. The summed E-state index contributed by atoms with van der Waals surface area (Å²) in [7, 11) is -5.36. The zero-order valence-corrected chi connectivity index (χ0v) is 12.1. The van der Waals surface area contributed by atoms with Crippen LogP contribution in [0.25, 0.3) is 0 Å². The summed E-state index contributed by atoms with van der Waals surface area (Å²) in [6.45, 7) is 6.81. The second-order valence-electron chi connectivity index (χ2n) is 4.55. The molecule has 0 atom stereocenters. The van der Waals surface area contributed by atoms with E-state index in [1.807, 2.05) is 0 Å². The molecule has 0 N–H and O–H groups in total. The zero-order chi connectivity index (χ0) is 13.0. The maximum absolute atomic E-state index is 11.0. The molecule has 0 unspecified atom stereocenters. The average molecular weight is 270 g/mol. The molecule has 1 heterocycles. The van der Waals surface area contributed by atoms with Crippen molar-refractivity contribution in [3.63, 3.8) is 0 Å². The minimum Gasteiger partial charge on any atom is -0.229 e. The van der Waals surface area contributed by atoms with E-state index in [1.54, 1.807) is 27.7 Å². The lowest BCUT2D eigenvalue weighted by molar-refractivity contribution is 0.578. The van der Waals surface area contributed by atoms with Crippen LogP contribution in [0.5, 0.6) is 0 Å². The first-order chi connectivity index (χ1) is 7.09. The van der Waals surface area contributed by atoms with Gasteiger partial charge in [-0.05, 0) is 40.5 Å². The molecular formula is C10H22O4S2. The van der Waals surface area contributed by atoms with Gasteiger partial charge in [-0.1, -0.05) is 0 Å². The molecule has 16 heavy (non-hydrogen) atoms. The molecular weight excluding hydrogens is 248 g/mol. The van der Waals surface area contributed by atoms with Gasteiger partial charge in [-0.2, -0.15) is 0 Å². The molecule has 0 bridgehead atoms. The Labute approximate surface area is 99.3 Å². The Morgan fingerprint density at radius 3 is 1.25 bits per heavy atom. The molecule has 0 spiro atoms. The molecule has 4 nitrogen and oxygen atoms in total. The third kappa shape index (κ3) is 5.30. The Balaban J connectivity index is 0.000000288. The van der Waals surface area contributed by atoms with E-state index in [2.05, 4.69) is 0 Å². The van der Waals surface area contributed by atoms with Crippen molar-refractivity contribution in [2.75, 3.05) is 11.5 Å². The molecule has 0 aromatic carbocycles. The topological polar surface area (TPSA) is 68.3 Å². The van der Waals surface area contributed by atoms with Gasteiger partial charge < -0.3 is 0 Å². The van der Waals surface area contributed by atoms with Gasteiger partial charge in [0.15, 0.2) is 9.84 Å². The summed E-state index contributed by atoms with van der Waals surface area (Å²) in [5.74, 6) is 0.847. The zero-order valence-electron chi connectivity index (χ0n) is 10.4. The lowest BCUT2D eigenvalue weighted by atomic mass is 10.4. The number of hydrogen-bond acceptors (Lipinski definition) is 4. The van der Waals surface area contributed by atoms with Gasteiger partial charge in [-0.3, -0.25) is 0 Å². The van der Waals surface area contributed by atoms with Crippen molar-refractivity contribution in [3.05, 3.63) is 0 Å². The summed E-state index contributed by atoms with van der Waals surface area (Å²) in [6.07, 6.45) is 1.75.